The van der Waals surface area contributed by atoms with Crippen LogP contribution in [0.3, 0.4) is 0 Å². The van der Waals surface area contributed by atoms with Crippen molar-refractivity contribution in [1.29, 1.82) is 0 Å². The molecule has 1 N–H and O–H groups in total. The van der Waals surface area contributed by atoms with Gasteiger partial charge in [-0.1, -0.05) is 32.0 Å². The van der Waals surface area contributed by atoms with Crippen LogP contribution in [0, 0.1) is 5.92 Å². The number of nitrogens with one attached hydrogen (secondary N) is 1. The first-order valence-electron chi connectivity index (χ1n) is 6.77. The lowest BCUT2D eigenvalue weighted by Crippen LogP contribution is -2.35. The Bertz CT molecular complexity index is 701. The molecule has 20 heavy (non-hydrogen) atoms. The molecule has 0 spiro atoms. The SMILES string of the molecule is CC(=O)NC(c1cc2ccccc2n(C)c1=O)C(C)C. The number of nitrogens with zero attached hydrogens (tertiary/aromatic N) is 1. The average molecular weight is 272 g/mol. The lowest BCUT2D eigenvalue weighted by molar-refractivity contribution is -0.120. The first-order valence-corrected chi connectivity index (χ1v) is 6.77. The van der Waals surface area contributed by atoms with Crippen LogP contribution in [0.4, 0.5) is 0 Å². The molecule has 0 aliphatic carbocycles. The van der Waals surface area contributed by atoms with Gasteiger partial charge in [-0.3, -0.25) is 9.59 Å². The molecule has 106 valence electrons. The lowest BCUT2D eigenvalue weighted by atomic mass is 9.95. The number of pyridine rings is 1. The van der Waals surface area contributed by atoms with Crippen molar-refractivity contribution in [2.45, 2.75) is 26.8 Å². The second-order valence-electron chi connectivity index (χ2n) is 5.44. The molecular weight excluding hydrogens is 252 g/mol. The number of carbonyl (C=O) groups is 1. The third-order valence-electron chi connectivity index (χ3n) is 3.52. The van der Waals surface area contributed by atoms with Crippen LogP contribution < -0.4 is 10.9 Å². The molecule has 1 heterocycles. The Morgan fingerprint density at radius 1 is 1.25 bits per heavy atom. The van der Waals surface area contributed by atoms with E-state index in [1.807, 2.05) is 44.2 Å². The number of aryl methyl sites for hydroxylation is 1. The molecule has 1 aromatic carbocycles. The summed E-state index contributed by atoms with van der Waals surface area (Å²) in [5.74, 6) is 0.0201. The van der Waals surface area contributed by atoms with Gasteiger partial charge in [-0.2, -0.15) is 0 Å². The van der Waals surface area contributed by atoms with E-state index in [0.29, 0.717) is 5.56 Å². The van der Waals surface area contributed by atoms with Gasteiger partial charge in [0.2, 0.25) is 5.91 Å². The van der Waals surface area contributed by atoms with E-state index >= 15 is 0 Å². The Morgan fingerprint density at radius 3 is 2.50 bits per heavy atom. The van der Waals surface area contributed by atoms with Crippen LogP contribution >= 0.6 is 0 Å². The highest BCUT2D eigenvalue weighted by Crippen LogP contribution is 2.22. The van der Waals surface area contributed by atoms with Crippen LogP contribution in [-0.4, -0.2) is 10.5 Å². The van der Waals surface area contributed by atoms with Crippen LogP contribution in [-0.2, 0) is 11.8 Å². The predicted molar refractivity (Wildman–Crippen MR) is 80.6 cm³/mol. The Hall–Kier alpha value is -2.10. The highest BCUT2D eigenvalue weighted by Gasteiger charge is 2.21. The summed E-state index contributed by atoms with van der Waals surface area (Å²) in [6, 6.07) is 9.37. The van der Waals surface area contributed by atoms with Crippen LogP contribution in [0.1, 0.15) is 32.4 Å². The second-order valence-corrected chi connectivity index (χ2v) is 5.44. The van der Waals surface area contributed by atoms with Gasteiger partial charge in [-0.15, -0.1) is 0 Å². The van der Waals surface area contributed by atoms with Crippen LogP contribution in [0.25, 0.3) is 10.9 Å². The molecular formula is C16H20N2O2. The van der Waals surface area contributed by atoms with Gasteiger partial charge in [-0.25, -0.2) is 0 Å². The summed E-state index contributed by atoms with van der Waals surface area (Å²) >= 11 is 0. The van der Waals surface area contributed by atoms with Crippen molar-refractivity contribution in [2.24, 2.45) is 13.0 Å². The van der Waals surface area contributed by atoms with E-state index in [1.165, 1.54) is 6.92 Å². The highest BCUT2D eigenvalue weighted by atomic mass is 16.1. The van der Waals surface area contributed by atoms with Gasteiger partial charge >= 0.3 is 0 Å². The Balaban J connectivity index is 2.66. The molecule has 4 heteroatoms. The van der Waals surface area contributed by atoms with E-state index < -0.39 is 0 Å². The summed E-state index contributed by atoms with van der Waals surface area (Å²) in [5, 5.41) is 3.88. The fourth-order valence-electron chi connectivity index (χ4n) is 2.49. The van der Waals surface area contributed by atoms with Gasteiger partial charge in [-0.05, 0) is 23.4 Å². The maximum Gasteiger partial charge on any atom is 0.256 e. The summed E-state index contributed by atoms with van der Waals surface area (Å²) in [4.78, 5) is 23.9. The van der Waals surface area contributed by atoms with Crippen molar-refractivity contribution in [2.75, 3.05) is 0 Å². The largest absolute Gasteiger partial charge is 0.349 e. The number of hydrogen-bond donors (Lipinski definition) is 1. The van der Waals surface area contributed by atoms with E-state index in [2.05, 4.69) is 5.32 Å². The number of carbonyl (C=O) groups excluding carboxylic acids is 1. The van der Waals surface area contributed by atoms with Crippen molar-refractivity contribution in [1.82, 2.24) is 9.88 Å². The van der Waals surface area contributed by atoms with Gasteiger partial charge in [0.05, 0.1) is 11.6 Å². The van der Waals surface area contributed by atoms with Gasteiger partial charge < -0.3 is 9.88 Å². The number of para-hydroxylation sites is 1. The summed E-state index contributed by atoms with van der Waals surface area (Å²) in [6.07, 6.45) is 0. The van der Waals surface area contributed by atoms with Crippen molar-refractivity contribution >= 4 is 16.8 Å². The normalized spacial score (nSPS) is 12.7. The van der Waals surface area contributed by atoms with E-state index in [9.17, 15) is 9.59 Å². The Labute approximate surface area is 118 Å². The summed E-state index contributed by atoms with van der Waals surface area (Å²) < 4.78 is 1.64. The lowest BCUT2D eigenvalue weighted by Gasteiger charge is -2.22. The first kappa shape index (κ1) is 14.3. The maximum atomic E-state index is 12.5. The molecule has 2 aromatic rings. The fourth-order valence-corrected chi connectivity index (χ4v) is 2.49. The van der Waals surface area contributed by atoms with E-state index in [4.69, 9.17) is 0 Å². The molecule has 2 rings (SSSR count). The number of rotatable bonds is 3. The van der Waals surface area contributed by atoms with Crippen LogP contribution in [0.15, 0.2) is 35.1 Å². The van der Waals surface area contributed by atoms with Gasteiger partial charge in [0.1, 0.15) is 0 Å². The molecule has 0 saturated heterocycles. The monoisotopic (exact) mass is 272 g/mol. The second kappa shape index (κ2) is 5.49. The number of hydrogen-bond acceptors (Lipinski definition) is 2. The predicted octanol–water partition coefficient (Wildman–Crippen LogP) is 2.37. The molecule has 0 bridgehead atoms. The standard InChI is InChI=1S/C16H20N2O2/c1-10(2)15(17-11(3)19)13-9-12-7-5-6-8-14(12)18(4)16(13)20/h5-10,15H,1-4H3,(H,17,19). The molecule has 1 amide bonds. The summed E-state index contributed by atoms with van der Waals surface area (Å²) in [7, 11) is 1.76. The zero-order valence-electron chi connectivity index (χ0n) is 12.3. The number of benzene rings is 1. The minimum Gasteiger partial charge on any atom is -0.349 e. The topological polar surface area (TPSA) is 51.1 Å². The molecule has 0 saturated carbocycles. The van der Waals surface area contributed by atoms with Crippen molar-refractivity contribution < 1.29 is 4.79 Å². The van der Waals surface area contributed by atoms with E-state index in [-0.39, 0.29) is 23.4 Å². The number of fused-ring (bicyclic) bond motifs is 1. The van der Waals surface area contributed by atoms with Crippen molar-refractivity contribution in [3.8, 4) is 0 Å². The molecule has 1 atom stereocenters. The molecule has 1 aromatic heterocycles. The highest BCUT2D eigenvalue weighted by molar-refractivity contribution is 5.80. The quantitative estimate of drug-likeness (QED) is 0.932. The third-order valence-corrected chi connectivity index (χ3v) is 3.52. The van der Waals surface area contributed by atoms with Gasteiger partial charge in [0.15, 0.2) is 0 Å². The maximum absolute atomic E-state index is 12.5. The fraction of sp³-hybridized carbons (Fsp3) is 0.375. The zero-order valence-corrected chi connectivity index (χ0v) is 12.3. The zero-order chi connectivity index (χ0) is 14.9. The molecule has 1 unspecified atom stereocenters. The molecule has 0 fully saturated rings. The van der Waals surface area contributed by atoms with Crippen LogP contribution in [0.2, 0.25) is 0 Å². The van der Waals surface area contributed by atoms with Crippen molar-refractivity contribution in [3.05, 3.63) is 46.2 Å². The van der Waals surface area contributed by atoms with Gasteiger partial charge in [0, 0.05) is 19.5 Å². The number of aromatic nitrogens is 1. The summed E-state index contributed by atoms with van der Waals surface area (Å²) in [5.41, 5.74) is 1.47. The Morgan fingerprint density at radius 2 is 1.90 bits per heavy atom. The van der Waals surface area contributed by atoms with Crippen LogP contribution in [0.5, 0.6) is 0 Å². The van der Waals surface area contributed by atoms with E-state index in [0.717, 1.165) is 10.9 Å². The van der Waals surface area contributed by atoms with Gasteiger partial charge in [0.25, 0.3) is 5.56 Å². The molecule has 0 radical (unpaired) electrons. The van der Waals surface area contributed by atoms with Crippen molar-refractivity contribution in [3.63, 3.8) is 0 Å². The first-order chi connectivity index (χ1) is 9.41. The molecule has 0 aliphatic heterocycles. The summed E-state index contributed by atoms with van der Waals surface area (Å²) in [6.45, 7) is 5.46. The average Bonchev–Trinajstić information content (AvgIpc) is 2.40. The Kier molecular flexibility index (Phi) is 3.93. The molecule has 4 nitrogen and oxygen atoms in total. The minimum absolute atomic E-state index is 0.0591. The minimum atomic E-state index is -0.268. The smallest absolute Gasteiger partial charge is 0.256 e. The number of amides is 1. The molecule has 0 aliphatic rings. The third kappa shape index (κ3) is 2.59. The van der Waals surface area contributed by atoms with E-state index in [1.54, 1.807) is 11.6 Å².